The highest BCUT2D eigenvalue weighted by molar-refractivity contribution is 6.46. The highest BCUT2D eigenvalue weighted by Crippen LogP contribution is 2.39. The van der Waals surface area contributed by atoms with E-state index in [0.717, 1.165) is 10.9 Å². The molecular formula is C22H22N4O3. The molecule has 0 aliphatic carbocycles. The van der Waals surface area contributed by atoms with Crippen LogP contribution >= 0.6 is 0 Å². The number of pyridine rings is 1. The molecule has 4 rings (SSSR count). The molecule has 3 heterocycles. The van der Waals surface area contributed by atoms with Crippen molar-refractivity contribution < 1.29 is 14.7 Å². The molecule has 0 radical (unpaired) electrons. The van der Waals surface area contributed by atoms with E-state index in [9.17, 15) is 14.7 Å². The number of likely N-dealkylation sites (N-methyl/N-ethyl adjacent to an activating group) is 1. The van der Waals surface area contributed by atoms with Gasteiger partial charge in [-0.05, 0) is 32.3 Å². The molecule has 1 saturated heterocycles. The first kappa shape index (κ1) is 18.9. The van der Waals surface area contributed by atoms with Crippen LogP contribution in [0.5, 0.6) is 0 Å². The molecule has 1 atom stereocenters. The second-order valence-electron chi connectivity index (χ2n) is 7.30. The summed E-state index contributed by atoms with van der Waals surface area (Å²) in [6, 6.07) is 12.1. The number of hydrogen-bond donors (Lipinski definition) is 2. The van der Waals surface area contributed by atoms with E-state index in [0.29, 0.717) is 24.3 Å². The first-order chi connectivity index (χ1) is 14.0. The van der Waals surface area contributed by atoms with E-state index in [-0.39, 0.29) is 11.3 Å². The zero-order chi connectivity index (χ0) is 20.5. The lowest BCUT2D eigenvalue weighted by Crippen LogP contribution is -2.35. The Kier molecular flexibility index (Phi) is 4.90. The molecule has 3 aromatic rings. The molecule has 1 fully saturated rings. The molecule has 0 saturated carbocycles. The van der Waals surface area contributed by atoms with Gasteiger partial charge in [-0.3, -0.25) is 14.6 Å². The van der Waals surface area contributed by atoms with E-state index in [2.05, 4.69) is 9.97 Å². The Balaban J connectivity index is 1.88. The van der Waals surface area contributed by atoms with E-state index in [4.69, 9.17) is 0 Å². The summed E-state index contributed by atoms with van der Waals surface area (Å²) in [5, 5.41) is 11.9. The summed E-state index contributed by atoms with van der Waals surface area (Å²) in [7, 11) is 3.80. The van der Waals surface area contributed by atoms with Crippen molar-refractivity contribution in [2.75, 3.05) is 27.2 Å². The van der Waals surface area contributed by atoms with Crippen LogP contribution in [0.3, 0.4) is 0 Å². The number of benzene rings is 1. The molecule has 7 nitrogen and oxygen atoms in total. The van der Waals surface area contributed by atoms with Crippen LogP contribution in [0.15, 0.2) is 60.4 Å². The number of aliphatic hydroxyl groups is 1. The van der Waals surface area contributed by atoms with Crippen LogP contribution in [0.2, 0.25) is 0 Å². The fourth-order valence-electron chi connectivity index (χ4n) is 3.68. The second-order valence-corrected chi connectivity index (χ2v) is 7.30. The maximum Gasteiger partial charge on any atom is 0.295 e. The minimum atomic E-state index is -0.732. The zero-order valence-corrected chi connectivity index (χ0v) is 16.3. The van der Waals surface area contributed by atoms with Crippen molar-refractivity contribution in [3.63, 3.8) is 0 Å². The molecule has 1 aliphatic heterocycles. The monoisotopic (exact) mass is 390 g/mol. The van der Waals surface area contributed by atoms with Gasteiger partial charge in [-0.2, -0.15) is 0 Å². The number of likely N-dealkylation sites (tertiary alicyclic amines) is 1. The van der Waals surface area contributed by atoms with Crippen molar-refractivity contribution in [3.05, 3.63) is 71.7 Å². The molecular weight excluding hydrogens is 368 g/mol. The van der Waals surface area contributed by atoms with Crippen molar-refractivity contribution in [2.45, 2.75) is 6.04 Å². The Morgan fingerprint density at radius 1 is 1.17 bits per heavy atom. The van der Waals surface area contributed by atoms with Crippen molar-refractivity contribution in [1.82, 2.24) is 19.8 Å². The van der Waals surface area contributed by atoms with Gasteiger partial charge < -0.3 is 19.9 Å². The number of aromatic nitrogens is 2. The fraction of sp³-hybridized carbons (Fsp3) is 0.227. The number of H-pyrrole nitrogens is 1. The number of carbonyl (C=O) groups excluding carboxylic acids is 2. The van der Waals surface area contributed by atoms with Crippen LogP contribution in [0.1, 0.15) is 17.3 Å². The summed E-state index contributed by atoms with van der Waals surface area (Å²) in [6.45, 7) is 0.937. The van der Waals surface area contributed by atoms with Crippen molar-refractivity contribution in [2.24, 2.45) is 0 Å². The first-order valence-corrected chi connectivity index (χ1v) is 9.39. The standard InChI is InChI=1S/C22H22N4O3/c1-25(2)11-12-26-19(17-9-5-6-10-23-17)18(21(28)22(26)29)20(27)15-13-24-16-8-4-3-7-14(15)16/h3-10,13,19,24,27H,11-12H2,1-2H3/t19-/m1/s1. The number of nitrogens with one attached hydrogen (secondary N) is 1. The predicted molar refractivity (Wildman–Crippen MR) is 110 cm³/mol. The number of rotatable bonds is 5. The minimum Gasteiger partial charge on any atom is -0.507 e. The van der Waals surface area contributed by atoms with Gasteiger partial charge in [-0.1, -0.05) is 24.3 Å². The Bertz CT molecular complexity index is 1100. The van der Waals surface area contributed by atoms with Crippen LogP contribution in [0, 0.1) is 0 Å². The fourth-order valence-corrected chi connectivity index (χ4v) is 3.68. The van der Waals surface area contributed by atoms with Gasteiger partial charge in [0, 0.05) is 41.9 Å². The number of hydrogen-bond acceptors (Lipinski definition) is 5. The largest absolute Gasteiger partial charge is 0.507 e. The Morgan fingerprint density at radius 2 is 1.93 bits per heavy atom. The Labute approximate surface area is 168 Å². The van der Waals surface area contributed by atoms with Crippen molar-refractivity contribution >= 4 is 28.4 Å². The Morgan fingerprint density at radius 3 is 2.66 bits per heavy atom. The van der Waals surface area contributed by atoms with Gasteiger partial charge in [-0.25, -0.2) is 0 Å². The summed E-state index contributed by atoms with van der Waals surface area (Å²) in [5.41, 5.74) is 1.95. The summed E-state index contributed by atoms with van der Waals surface area (Å²) in [4.78, 5) is 36.7. The molecule has 1 amide bonds. The van der Waals surface area contributed by atoms with Crippen LogP contribution < -0.4 is 0 Å². The number of carbonyl (C=O) groups is 2. The molecule has 0 spiro atoms. The number of amides is 1. The van der Waals surface area contributed by atoms with Gasteiger partial charge in [0.05, 0.1) is 11.3 Å². The van der Waals surface area contributed by atoms with Gasteiger partial charge in [-0.15, -0.1) is 0 Å². The SMILES string of the molecule is CN(C)CCN1C(=O)C(=O)C(=C(O)c2c[nH]c3ccccc23)[C@H]1c1ccccn1. The Hall–Kier alpha value is -3.45. The van der Waals surface area contributed by atoms with Crippen LogP contribution in [-0.2, 0) is 9.59 Å². The summed E-state index contributed by atoms with van der Waals surface area (Å²) >= 11 is 0. The van der Waals surface area contributed by atoms with E-state index < -0.39 is 17.7 Å². The molecule has 1 aromatic carbocycles. The number of para-hydroxylation sites is 1. The lowest BCUT2D eigenvalue weighted by atomic mass is 9.98. The molecule has 148 valence electrons. The lowest BCUT2D eigenvalue weighted by molar-refractivity contribution is -0.140. The van der Waals surface area contributed by atoms with Gasteiger partial charge in [0.1, 0.15) is 11.8 Å². The number of aliphatic hydroxyl groups excluding tert-OH is 1. The van der Waals surface area contributed by atoms with E-state index in [1.54, 1.807) is 30.6 Å². The molecule has 0 bridgehead atoms. The van der Waals surface area contributed by atoms with E-state index in [1.165, 1.54) is 4.90 Å². The third-order valence-corrected chi connectivity index (χ3v) is 5.14. The van der Waals surface area contributed by atoms with Gasteiger partial charge in [0.25, 0.3) is 11.7 Å². The highest BCUT2D eigenvalue weighted by Gasteiger charge is 2.46. The topological polar surface area (TPSA) is 89.5 Å². The molecule has 29 heavy (non-hydrogen) atoms. The van der Waals surface area contributed by atoms with E-state index in [1.807, 2.05) is 43.3 Å². The van der Waals surface area contributed by atoms with Crippen molar-refractivity contribution in [3.8, 4) is 0 Å². The average Bonchev–Trinajstić information content (AvgIpc) is 3.26. The number of ketones is 1. The average molecular weight is 390 g/mol. The van der Waals surface area contributed by atoms with Gasteiger partial charge >= 0.3 is 0 Å². The molecule has 1 aliphatic rings. The summed E-state index contributed by atoms with van der Waals surface area (Å²) < 4.78 is 0. The number of fused-ring (bicyclic) bond motifs is 1. The van der Waals surface area contributed by atoms with Crippen LogP contribution in [-0.4, -0.2) is 63.7 Å². The first-order valence-electron chi connectivity index (χ1n) is 9.39. The lowest BCUT2D eigenvalue weighted by Gasteiger charge is -2.25. The minimum absolute atomic E-state index is 0.0669. The molecule has 7 heteroatoms. The number of nitrogens with zero attached hydrogens (tertiary/aromatic N) is 3. The molecule has 2 aromatic heterocycles. The molecule has 0 unspecified atom stereocenters. The third-order valence-electron chi connectivity index (χ3n) is 5.14. The van der Waals surface area contributed by atoms with Crippen LogP contribution in [0.25, 0.3) is 16.7 Å². The normalized spacial score (nSPS) is 18.9. The number of Topliss-reactive ketones (excluding diaryl/α,β-unsaturated/α-hetero) is 1. The maximum absolute atomic E-state index is 13.0. The molecule has 2 N–H and O–H groups in total. The quantitative estimate of drug-likeness (QED) is 0.397. The predicted octanol–water partition coefficient (Wildman–Crippen LogP) is 2.55. The van der Waals surface area contributed by atoms with E-state index >= 15 is 0 Å². The smallest absolute Gasteiger partial charge is 0.295 e. The van der Waals surface area contributed by atoms with Gasteiger partial charge in [0.15, 0.2) is 0 Å². The summed E-state index contributed by atoms with van der Waals surface area (Å²) in [6.07, 6.45) is 3.27. The third kappa shape index (κ3) is 3.30. The zero-order valence-electron chi connectivity index (χ0n) is 16.3. The maximum atomic E-state index is 13.0. The van der Waals surface area contributed by atoms with Crippen LogP contribution in [0.4, 0.5) is 0 Å². The summed E-state index contributed by atoms with van der Waals surface area (Å²) in [5.74, 6) is -1.50. The van der Waals surface area contributed by atoms with Gasteiger partial charge in [0.2, 0.25) is 0 Å². The number of aromatic amines is 1. The van der Waals surface area contributed by atoms with Crippen molar-refractivity contribution in [1.29, 1.82) is 0 Å². The highest BCUT2D eigenvalue weighted by atomic mass is 16.3. The second kappa shape index (κ2) is 7.52.